The van der Waals surface area contributed by atoms with Gasteiger partial charge in [-0.3, -0.25) is 9.59 Å². The van der Waals surface area contributed by atoms with E-state index in [9.17, 15) is 9.59 Å². The summed E-state index contributed by atoms with van der Waals surface area (Å²) in [4.78, 5) is 30.7. The highest BCUT2D eigenvalue weighted by molar-refractivity contribution is 6.31. The van der Waals surface area contributed by atoms with Gasteiger partial charge in [0.05, 0.1) is 5.41 Å². The predicted molar refractivity (Wildman–Crippen MR) is 94.4 cm³/mol. The maximum Gasteiger partial charge on any atom is 0.245 e. The van der Waals surface area contributed by atoms with Crippen molar-refractivity contribution in [2.24, 2.45) is 0 Å². The smallest absolute Gasteiger partial charge is 0.245 e. The number of hydrogen-bond donors (Lipinski definition) is 1. The van der Waals surface area contributed by atoms with Gasteiger partial charge in [0.25, 0.3) is 0 Å². The van der Waals surface area contributed by atoms with Crippen molar-refractivity contribution in [3.05, 3.63) is 52.7 Å². The molecule has 1 aliphatic rings. The summed E-state index contributed by atoms with van der Waals surface area (Å²) in [5.41, 5.74) is 1.85. The lowest BCUT2D eigenvalue weighted by Gasteiger charge is -2.19. The first-order chi connectivity index (χ1) is 11.3. The second kappa shape index (κ2) is 5.91. The van der Waals surface area contributed by atoms with E-state index in [-0.39, 0.29) is 18.4 Å². The van der Waals surface area contributed by atoms with Gasteiger partial charge in [-0.1, -0.05) is 11.6 Å². The third kappa shape index (κ3) is 2.87. The summed E-state index contributed by atoms with van der Waals surface area (Å²) in [5.74, 6) is 0.0643. The van der Waals surface area contributed by atoms with E-state index in [0.717, 1.165) is 16.8 Å². The summed E-state index contributed by atoms with van der Waals surface area (Å²) in [6.07, 6.45) is 1.63. The standard InChI is InChI=1S/C18H18ClN3O2/c1-11-6-7-20-15(8-11)21-16(23)10-22-14-5-4-12(19)9-13(14)18(2,3)17(22)24/h4-9H,10H2,1-3H3,(H,20,21,23). The zero-order valence-corrected chi connectivity index (χ0v) is 14.5. The maximum atomic E-state index is 12.7. The number of carbonyl (C=O) groups excluding carboxylic acids is 2. The van der Waals surface area contributed by atoms with E-state index in [0.29, 0.717) is 10.8 Å². The Balaban J connectivity index is 1.83. The van der Waals surface area contributed by atoms with Crippen LogP contribution in [0.4, 0.5) is 11.5 Å². The molecule has 0 spiro atoms. The van der Waals surface area contributed by atoms with Crippen molar-refractivity contribution in [1.29, 1.82) is 0 Å². The molecule has 0 radical (unpaired) electrons. The number of benzene rings is 1. The van der Waals surface area contributed by atoms with Gasteiger partial charge in [-0.25, -0.2) is 4.98 Å². The van der Waals surface area contributed by atoms with Crippen molar-refractivity contribution in [3.63, 3.8) is 0 Å². The molecule has 24 heavy (non-hydrogen) atoms. The molecule has 0 saturated carbocycles. The van der Waals surface area contributed by atoms with Gasteiger partial charge in [-0.2, -0.15) is 0 Å². The second-order valence-electron chi connectivity index (χ2n) is 6.44. The lowest BCUT2D eigenvalue weighted by atomic mass is 9.86. The van der Waals surface area contributed by atoms with Gasteiger partial charge in [-0.15, -0.1) is 0 Å². The monoisotopic (exact) mass is 343 g/mol. The van der Waals surface area contributed by atoms with Gasteiger partial charge in [0.2, 0.25) is 11.8 Å². The van der Waals surface area contributed by atoms with E-state index in [4.69, 9.17) is 11.6 Å². The first-order valence-electron chi connectivity index (χ1n) is 7.63. The highest BCUT2D eigenvalue weighted by Crippen LogP contribution is 2.42. The van der Waals surface area contributed by atoms with Crippen molar-refractivity contribution in [1.82, 2.24) is 4.98 Å². The zero-order valence-electron chi connectivity index (χ0n) is 13.8. The van der Waals surface area contributed by atoms with Crippen LogP contribution in [0.5, 0.6) is 0 Å². The predicted octanol–water partition coefficient (Wildman–Crippen LogP) is 3.31. The van der Waals surface area contributed by atoms with E-state index in [2.05, 4.69) is 10.3 Å². The van der Waals surface area contributed by atoms with E-state index in [1.165, 1.54) is 4.90 Å². The number of amides is 2. The Kier molecular flexibility index (Phi) is 4.05. The minimum Gasteiger partial charge on any atom is -0.309 e. The van der Waals surface area contributed by atoms with Crippen LogP contribution in [-0.2, 0) is 15.0 Å². The fourth-order valence-corrected chi connectivity index (χ4v) is 3.07. The number of aromatic nitrogens is 1. The normalized spacial score (nSPS) is 15.3. The second-order valence-corrected chi connectivity index (χ2v) is 6.88. The molecule has 1 aromatic carbocycles. The van der Waals surface area contributed by atoms with E-state index < -0.39 is 5.41 Å². The fourth-order valence-electron chi connectivity index (χ4n) is 2.89. The summed E-state index contributed by atoms with van der Waals surface area (Å²) < 4.78 is 0. The third-order valence-electron chi connectivity index (χ3n) is 4.19. The third-order valence-corrected chi connectivity index (χ3v) is 4.42. The van der Waals surface area contributed by atoms with Crippen LogP contribution < -0.4 is 10.2 Å². The van der Waals surface area contributed by atoms with Crippen LogP contribution >= 0.6 is 11.6 Å². The van der Waals surface area contributed by atoms with Gasteiger partial charge >= 0.3 is 0 Å². The fraction of sp³-hybridized carbons (Fsp3) is 0.278. The quantitative estimate of drug-likeness (QED) is 0.930. The molecule has 5 nitrogen and oxygen atoms in total. The van der Waals surface area contributed by atoms with Gasteiger partial charge in [0.1, 0.15) is 12.4 Å². The van der Waals surface area contributed by atoms with Gasteiger partial charge in [0.15, 0.2) is 0 Å². The summed E-state index contributed by atoms with van der Waals surface area (Å²) in [6.45, 7) is 5.53. The Morgan fingerprint density at radius 2 is 2.04 bits per heavy atom. The number of aryl methyl sites for hydroxylation is 1. The Bertz CT molecular complexity index is 833. The average molecular weight is 344 g/mol. The lowest BCUT2D eigenvalue weighted by molar-refractivity contribution is -0.124. The number of fused-ring (bicyclic) bond motifs is 1. The number of halogens is 1. The van der Waals surface area contributed by atoms with Gasteiger partial charge < -0.3 is 10.2 Å². The molecule has 2 heterocycles. The number of pyridine rings is 1. The van der Waals surface area contributed by atoms with Crippen LogP contribution in [0.25, 0.3) is 0 Å². The van der Waals surface area contributed by atoms with Crippen LogP contribution in [-0.4, -0.2) is 23.3 Å². The average Bonchev–Trinajstić information content (AvgIpc) is 2.68. The molecular weight excluding hydrogens is 326 g/mol. The first-order valence-corrected chi connectivity index (χ1v) is 8.01. The largest absolute Gasteiger partial charge is 0.309 e. The molecule has 2 amide bonds. The topological polar surface area (TPSA) is 62.3 Å². The highest BCUT2D eigenvalue weighted by atomic mass is 35.5. The minimum atomic E-state index is -0.706. The Morgan fingerprint density at radius 1 is 1.29 bits per heavy atom. The van der Waals surface area contributed by atoms with Crippen molar-refractivity contribution >= 4 is 34.9 Å². The summed E-state index contributed by atoms with van der Waals surface area (Å²) >= 11 is 6.06. The lowest BCUT2D eigenvalue weighted by Crippen LogP contribution is -2.40. The number of anilines is 2. The summed E-state index contributed by atoms with van der Waals surface area (Å²) in [5, 5.41) is 3.30. The molecule has 1 aliphatic heterocycles. The number of nitrogens with one attached hydrogen (secondary N) is 1. The Hall–Kier alpha value is -2.40. The van der Waals surface area contributed by atoms with Crippen LogP contribution in [0.15, 0.2) is 36.5 Å². The molecule has 0 unspecified atom stereocenters. The van der Waals surface area contributed by atoms with Crippen LogP contribution in [0.3, 0.4) is 0 Å². The van der Waals surface area contributed by atoms with Crippen LogP contribution in [0.2, 0.25) is 5.02 Å². The SMILES string of the molecule is Cc1ccnc(NC(=O)CN2C(=O)C(C)(C)c3cc(Cl)ccc32)c1. The first kappa shape index (κ1) is 16.5. The summed E-state index contributed by atoms with van der Waals surface area (Å²) in [7, 11) is 0. The van der Waals surface area contributed by atoms with Crippen LogP contribution in [0, 0.1) is 6.92 Å². The van der Waals surface area contributed by atoms with E-state index >= 15 is 0 Å². The Morgan fingerprint density at radius 3 is 2.75 bits per heavy atom. The molecule has 2 aromatic rings. The molecule has 0 bridgehead atoms. The number of carbonyl (C=O) groups is 2. The van der Waals surface area contributed by atoms with Crippen molar-refractivity contribution in [3.8, 4) is 0 Å². The molecule has 1 aromatic heterocycles. The summed E-state index contributed by atoms with van der Waals surface area (Å²) in [6, 6.07) is 8.92. The number of nitrogens with zero attached hydrogens (tertiary/aromatic N) is 2. The molecular formula is C18H18ClN3O2. The van der Waals surface area contributed by atoms with Crippen molar-refractivity contribution in [2.45, 2.75) is 26.2 Å². The maximum absolute atomic E-state index is 12.7. The van der Waals surface area contributed by atoms with Crippen molar-refractivity contribution < 1.29 is 9.59 Å². The molecule has 0 saturated heterocycles. The van der Waals surface area contributed by atoms with Gasteiger partial charge in [0, 0.05) is 16.9 Å². The molecule has 0 aliphatic carbocycles. The number of rotatable bonds is 3. The molecule has 0 atom stereocenters. The molecule has 1 N–H and O–H groups in total. The Labute approximate surface area is 145 Å². The van der Waals surface area contributed by atoms with Gasteiger partial charge in [-0.05, 0) is 62.2 Å². The minimum absolute atomic E-state index is 0.0630. The van der Waals surface area contributed by atoms with Crippen LogP contribution in [0.1, 0.15) is 25.0 Å². The van der Waals surface area contributed by atoms with E-state index in [1.807, 2.05) is 26.8 Å². The van der Waals surface area contributed by atoms with E-state index in [1.54, 1.807) is 30.5 Å². The molecule has 3 rings (SSSR count). The highest BCUT2D eigenvalue weighted by Gasteiger charge is 2.44. The number of hydrogen-bond acceptors (Lipinski definition) is 3. The molecule has 124 valence electrons. The molecule has 0 fully saturated rings. The molecule has 6 heteroatoms. The van der Waals surface area contributed by atoms with Crippen molar-refractivity contribution in [2.75, 3.05) is 16.8 Å². The zero-order chi connectivity index (χ0) is 17.5.